The van der Waals surface area contributed by atoms with Crippen LogP contribution in [0, 0.1) is 11.3 Å². The first-order valence-electron chi connectivity index (χ1n) is 12.8. The largest absolute Gasteiger partial charge is 0.356 e. The molecule has 0 unspecified atom stereocenters. The molecular weight excluding hydrogens is 430 g/mol. The minimum Gasteiger partial charge on any atom is -0.356 e. The summed E-state index contributed by atoms with van der Waals surface area (Å²) in [6, 6.07) is 0. The zero-order valence-electron chi connectivity index (χ0n) is 20.7. The van der Waals surface area contributed by atoms with Crippen LogP contribution in [-0.2, 0) is 17.6 Å². The Labute approximate surface area is 202 Å². The van der Waals surface area contributed by atoms with Gasteiger partial charge >= 0.3 is 0 Å². The second kappa shape index (κ2) is 9.14. The number of rotatable bonds is 7. The zero-order chi connectivity index (χ0) is 23.2. The predicted octanol–water partition coefficient (Wildman–Crippen LogP) is 4.37. The molecule has 1 aliphatic heterocycles. The summed E-state index contributed by atoms with van der Waals surface area (Å²) >= 11 is 1.91. The van der Waals surface area contributed by atoms with Gasteiger partial charge in [0.2, 0.25) is 5.91 Å². The number of anilines is 1. The maximum Gasteiger partial charge on any atom is 0.223 e. The van der Waals surface area contributed by atoms with Crippen molar-refractivity contribution in [3.8, 4) is 0 Å². The topological polar surface area (TPSA) is 61.4 Å². The van der Waals surface area contributed by atoms with Gasteiger partial charge in [-0.25, -0.2) is 9.97 Å². The highest BCUT2D eigenvalue weighted by Gasteiger charge is 2.33. The maximum absolute atomic E-state index is 12.9. The fourth-order valence-electron chi connectivity index (χ4n) is 5.64. The van der Waals surface area contributed by atoms with Crippen LogP contribution >= 0.6 is 11.3 Å². The molecule has 6 nitrogen and oxygen atoms in total. The number of hydrogen-bond acceptors (Lipinski definition) is 6. The van der Waals surface area contributed by atoms with Crippen molar-refractivity contribution < 1.29 is 4.79 Å². The molecule has 1 saturated carbocycles. The van der Waals surface area contributed by atoms with Crippen molar-refractivity contribution in [3.63, 3.8) is 0 Å². The van der Waals surface area contributed by atoms with Gasteiger partial charge < -0.3 is 15.1 Å². The highest BCUT2D eigenvalue weighted by Crippen LogP contribution is 2.44. The molecule has 1 saturated heterocycles. The van der Waals surface area contributed by atoms with Crippen LogP contribution in [0.25, 0.3) is 10.2 Å². The van der Waals surface area contributed by atoms with Crippen LogP contribution in [-0.4, -0.2) is 61.0 Å². The lowest BCUT2D eigenvalue weighted by atomic mass is 9.91. The van der Waals surface area contributed by atoms with Crippen molar-refractivity contribution in [3.05, 3.63) is 16.3 Å². The molecule has 2 fully saturated rings. The van der Waals surface area contributed by atoms with Crippen molar-refractivity contribution in [2.75, 3.05) is 45.2 Å². The normalized spacial score (nSPS) is 19.8. The zero-order valence-corrected chi connectivity index (χ0v) is 21.6. The molecular formula is C26H39N5OS. The Balaban J connectivity index is 1.29. The summed E-state index contributed by atoms with van der Waals surface area (Å²) < 4.78 is 0. The first kappa shape index (κ1) is 23.0. The first-order valence-corrected chi connectivity index (χ1v) is 13.6. The van der Waals surface area contributed by atoms with Crippen LogP contribution in [0.1, 0.15) is 74.6 Å². The van der Waals surface area contributed by atoms with Gasteiger partial charge in [-0.05, 0) is 76.4 Å². The van der Waals surface area contributed by atoms with Crippen molar-refractivity contribution in [1.82, 2.24) is 20.2 Å². The standard InChI is InChI=1S/C26H39N5OS/c1-26(2,16-30(3)4)15-27-24(32)18-11-13-31(14-12-18)23-21-19-7-5-6-8-20(19)33-25(21)29-22(28-23)17-9-10-17/h17-18H,5-16H2,1-4H3,(H,27,32). The van der Waals surface area contributed by atoms with Gasteiger partial charge in [-0.1, -0.05) is 13.8 Å². The smallest absolute Gasteiger partial charge is 0.223 e. The fourth-order valence-corrected chi connectivity index (χ4v) is 6.91. The van der Waals surface area contributed by atoms with E-state index in [1.54, 1.807) is 0 Å². The van der Waals surface area contributed by atoms with E-state index in [1.165, 1.54) is 52.8 Å². The summed E-state index contributed by atoms with van der Waals surface area (Å²) in [4.78, 5) is 30.5. The van der Waals surface area contributed by atoms with E-state index in [4.69, 9.17) is 9.97 Å². The molecule has 1 amide bonds. The van der Waals surface area contributed by atoms with E-state index in [0.29, 0.717) is 5.92 Å². The van der Waals surface area contributed by atoms with Crippen LogP contribution in [0.15, 0.2) is 0 Å². The third kappa shape index (κ3) is 5.04. The van der Waals surface area contributed by atoms with Gasteiger partial charge in [-0.15, -0.1) is 11.3 Å². The number of amides is 1. The first-order chi connectivity index (χ1) is 15.8. The van der Waals surface area contributed by atoms with Crippen LogP contribution in [0.4, 0.5) is 5.82 Å². The Morgan fingerprint density at radius 2 is 1.85 bits per heavy atom. The van der Waals surface area contributed by atoms with Gasteiger partial charge in [-0.2, -0.15) is 0 Å². The van der Waals surface area contributed by atoms with E-state index in [2.05, 4.69) is 43.1 Å². The molecule has 3 heterocycles. The third-order valence-corrected chi connectivity index (χ3v) is 8.59. The summed E-state index contributed by atoms with van der Waals surface area (Å²) in [5.74, 6) is 3.10. The average Bonchev–Trinajstić information content (AvgIpc) is 3.57. The number of piperidine rings is 1. The molecule has 0 atom stereocenters. The fraction of sp³-hybridized carbons (Fsp3) is 0.731. The van der Waals surface area contributed by atoms with Crippen LogP contribution in [0.5, 0.6) is 0 Å². The highest BCUT2D eigenvalue weighted by atomic mass is 32.1. The van der Waals surface area contributed by atoms with Crippen LogP contribution in [0.3, 0.4) is 0 Å². The van der Waals surface area contributed by atoms with Crippen molar-refractivity contribution in [1.29, 1.82) is 0 Å². The quantitative estimate of drug-likeness (QED) is 0.653. The molecule has 5 rings (SSSR count). The number of aryl methyl sites for hydroxylation is 2. The lowest BCUT2D eigenvalue weighted by molar-refractivity contribution is -0.126. The maximum atomic E-state index is 12.9. The second-order valence-corrected chi connectivity index (χ2v) is 12.5. The van der Waals surface area contributed by atoms with Gasteiger partial charge in [0.05, 0.1) is 5.39 Å². The van der Waals surface area contributed by atoms with E-state index in [1.807, 2.05) is 11.3 Å². The lowest BCUT2D eigenvalue weighted by Crippen LogP contribution is -2.45. The molecule has 180 valence electrons. The predicted molar refractivity (Wildman–Crippen MR) is 136 cm³/mol. The summed E-state index contributed by atoms with van der Waals surface area (Å²) in [7, 11) is 4.17. The molecule has 0 spiro atoms. The Morgan fingerprint density at radius 1 is 1.12 bits per heavy atom. The summed E-state index contributed by atoms with van der Waals surface area (Å²) in [6.07, 6.45) is 9.17. The third-order valence-electron chi connectivity index (χ3n) is 7.41. The molecule has 3 aliphatic rings. The number of nitrogens with one attached hydrogen (secondary N) is 1. The Morgan fingerprint density at radius 3 is 2.55 bits per heavy atom. The molecule has 2 aliphatic carbocycles. The number of carbonyl (C=O) groups is 1. The number of aromatic nitrogens is 2. The second-order valence-electron chi connectivity index (χ2n) is 11.5. The van der Waals surface area contributed by atoms with Crippen molar-refractivity contribution >= 4 is 33.3 Å². The SMILES string of the molecule is CN(C)CC(C)(C)CNC(=O)C1CCN(c2nc(C3CC3)nc3sc4c(c23)CCCC4)CC1. The lowest BCUT2D eigenvalue weighted by Gasteiger charge is -2.34. The van der Waals surface area contributed by atoms with Gasteiger partial charge in [0.15, 0.2) is 0 Å². The number of nitrogens with zero attached hydrogens (tertiary/aromatic N) is 4. The van der Waals surface area contributed by atoms with Crippen LogP contribution in [0.2, 0.25) is 0 Å². The van der Waals surface area contributed by atoms with E-state index >= 15 is 0 Å². The van der Waals surface area contributed by atoms with Crippen molar-refractivity contribution in [2.45, 2.75) is 71.1 Å². The Bertz CT molecular complexity index is 1020. The molecule has 0 aromatic carbocycles. The number of fused-ring (bicyclic) bond motifs is 3. The number of thiophene rings is 1. The van der Waals surface area contributed by atoms with E-state index in [0.717, 1.165) is 57.1 Å². The summed E-state index contributed by atoms with van der Waals surface area (Å²) in [6.45, 7) is 7.93. The molecule has 33 heavy (non-hydrogen) atoms. The van der Waals surface area contributed by atoms with Crippen LogP contribution < -0.4 is 10.2 Å². The summed E-state index contributed by atoms with van der Waals surface area (Å²) in [5.41, 5.74) is 1.59. The monoisotopic (exact) mass is 469 g/mol. The van der Waals surface area contributed by atoms with Gasteiger partial charge in [0, 0.05) is 42.9 Å². The van der Waals surface area contributed by atoms with Gasteiger partial charge in [0.1, 0.15) is 16.5 Å². The number of carbonyl (C=O) groups excluding carboxylic acids is 1. The minimum atomic E-state index is 0.0731. The van der Waals surface area contributed by atoms with E-state index < -0.39 is 0 Å². The van der Waals surface area contributed by atoms with Gasteiger partial charge in [0.25, 0.3) is 0 Å². The van der Waals surface area contributed by atoms with Gasteiger partial charge in [-0.3, -0.25) is 4.79 Å². The molecule has 0 radical (unpaired) electrons. The molecule has 2 aromatic heterocycles. The van der Waals surface area contributed by atoms with E-state index in [-0.39, 0.29) is 17.2 Å². The molecule has 1 N–H and O–H groups in total. The summed E-state index contributed by atoms with van der Waals surface area (Å²) in [5, 5.41) is 4.57. The molecule has 2 aromatic rings. The van der Waals surface area contributed by atoms with E-state index in [9.17, 15) is 4.79 Å². The van der Waals surface area contributed by atoms with Crippen molar-refractivity contribution in [2.24, 2.45) is 11.3 Å². The Kier molecular flexibility index (Phi) is 6.38. The highest BCUT2D eigenvalue weighted by molar-refractivity contribution is 7.19. The Hall–Kier alpha value is -1.73. The molecule has 0 bridgehead atoms. The average molecular weight is 470 g/mol. The minimum absolute atomic E-state index is 0.0731. The molecule has 7 heteroatoms. The number of hydrogen-bond donors (Lipinski definition) is 1.